The third kappa shape index (κ3) is 2.72. The molecule has 2 N–H and O–H groups in total. The highest BCUT2D eigenvalue weighted by Crippen LogP contribution is 2.12. The van der Waals surface area contributed by atoms with Crippen molar-refractivity contribution in [3.8, 4) is 0 Å². The Hall–Kier alpha value is -0.220. The van der Waals surface area contributed by atoms with Gasteiger partial charge in [0.2, 0.25) is 6.43 Å². The number of hydrogen-bond acceptors (Lipinski definition) is 2. The first-order chi connectivity index (χ1) is 4.09. The number of aliphatic hydroxyl groups excluding tert-OH is 2. The summed E-state index contributed by atoms with van der Waals surface area (Å²) in [6.45, 7) is 0.580. The average Bonchev–Trinajstić information content (AvgIpc) is 1.84. The van der Waals surface area contributed by atoms with Crippen molar-refractivity contribution in [3.05, 3.63) is 0 Å². The Balaban J connectivity index is 3.58. The Bertz CT molecular complexity index is 77.4. The van der Waals surface area contributed by atoms with Crippen LogP contribution in [0, 0.1) is 5.92 Å². The molecular weight excluding hydrogens is 130 g/mol. The summed E-state index contributed by atoms with van der Waals surface area (Å²) in [5.41, 5.74) is 0. The Kier molecular flexibility index (Phi) is 3.65. The molecule has 9 heavy (non-hydrogen) atoms. The highest BCUT2D eigenvalue weighted by molar-refractivity contribution is 4.64. The van der Waals surface area contributed by atoms with Gasteiger partial charge in [0.25, 0.3) is 0 Å². The van der Waals surface area contributed by atoms with E-state index in [1.807, 2.05) is 0 Å². The van der Waals surface area contributed by atoms with E-state index in [1.54, 1.807) is 0 Å². The van der Waals surface area contributed by atoms with E-state index in [-0.39, 0.29) is 0 Å². The van der Waals surface area contributed by atoms with Crippen molar-refractivity contribution in [2.24, 2.45) is 5.92 Å². The third-order valence-electron chi connectivity index (χ3n) is 1.19. The summed E-state index contributed by atoms with van der Waals surface area (Å²) in [5.74, 6) is -1.14. The Morgan fingerprint density at radius 1 is 1.44 bits per heavy atom. The van der Waals surface area contributed by atoms with E-state index < -0.39 is 25.1 Å². The first kappa shape index (κ1) is 8.78. The Labute approximate surface area is 52.1 Å². The molecular formula is C5H10F2O2. The molecule has 0 aromatic rings. The van der Waals surface area contributed by atoms with Gasteiger partial charge in [-0.3, -0.25) is 0 Å². The van der Waals surface area contributed by atoms with Crippen LogP contribution in [-0.4, -0.2) is 29.3 Å². The Morgan fingerprint density at radius 2 is 1.89 bits per heavy atom. The van der Waals surface area contributed by atoms with Crippen LogP contribution in [0.2, 0.25) is 0 Å². The fraction of sp³-hybridized carbons (Fsp3) is 1.00. The SMILES string of the molecule is CC(C(F)F)C(O)CO. The molecule has 4 heteroatoms. The van der Waals surface area contributed by atoms with Crippen molar-refractivity contribution in [1.82, 2.24) is 0 Å². The summed E-state index contributed by atoms with van der Waals surface area (Å²) in [5, 5.41) is 16.7. The van der Waals surface area contributed by atoms with Gasteiger partial charge < -0.3 is 10.2 Å². The van der Waals surface area contributed by atoms with Crippen LogP contribution in [-0.2, 0) is 0 Å². The topological polar surface area (TPSA) is 40.5 Å². The maximum absolute atomic E-state index is 11.6. The molecule has 0 rings (SSSR count). The number of alkyl halides is 2. The van der Waals surface area contributed by atoms with E-state index in [2.05, 4.69) is 0 Å². The lowest BCUT2D eigenvalue weighted by molar-refractivity contribution is -0.0234. The molecule has 0 aliphatic carbocycles. The van der Waals surface area contributed by atoms with Gasteiger partial charge >= 0.3 is 0 Å². The van der Waals surface area contributed by atoms with E-state index in [9.17, 15) is 8.78 Å². The fourth-order valence-electron chi connectivity index (χ4n) is 0.334. The van der Waals surface area contributed by atoms with Crippen LogP contribution >= 0.6 is 0 Å². The third-order valence-corrected chi connectivity index (χ3v) is 1.19. The van der Waals surface area contributed by atoms with Gasteiger partial charge in [-0.05, 0) is 0 Å². The Morgan fingerprint density at radius 3 is 2.00 bits per heavy atom. The lowest BCUT2D eigenvalue weighted by Gasteiger charge is -2.14. The summed E-state index contributed by atoms with van der Waals surface area (Å²) >= 11 is 0. The normalized spacial score (nSPS) is 18.0. The van der Waals surface area contributed by atoms with Gasteiger partial charge in [-0.1, -0.05) is 6.92 Å². The number of hydrogen-bond donors (Lipinski definition) is 2. The molecule has 0 spiro atoms. The molecule has 0 aliphatic rings. The maximum Gasteiger partial charge on any atom is 0.243 e. The van der Waals surface area contributed by atoms with E-state index >= 15 is 0 Å². The van der Waals surface area contributed by atoms with Gasteiger partial charge in [-0.25, -0.2) is 8.78 Å². The van der Waals surface area contributed by atoms with E-state index in [4.69, 9.17) is 10.2 Å². The molecule has 2 atom stereocenters. The zero-order valence-corrected chi connectivity index (χ0v) is 5.09. The molecule has 0 aliphatic heterocycles. The fourth-order valence-corrected chi connectivity index (χ4v) is 0.334. The van der Waals surface area contributed by atoms with Gasteiger partial charge in [0.15, 0.2) is 0 Å². The zero-order chi connectivity index (χ0) is 7.44. The molecule has 56 valence electrons. The minimum Gasteiger partial charge on any atom is -0.394 e. The van der Waals surface area contributed by atoms with Crippen molar-refractivity contribution in [2.45, 2.75) is 19.5 Å². The predicted octanol–water partition coefficient (Wildman–Crippen LogP) is 0.241. The number of halogens is 2. The van der Waals surface area contributed by atoms with Crippen molar-refractivity contribution in [2.75, 3.05) is 6.61 Å². The first-order valence-electron chi connectivity index (χ1n) is 2.66. The standard InChI is InChI=1S/C5H10F2O2/c1-3(5(6)7)4(9)2-8/h3-5,8-9H,2H2,1H3. The molecule has 0 radical (unpaired) electrons. The molecule has 0 aromatic carbocycles. The smallest absolute Gasteiger partial charge is 0.243 e. The quantitative estimate of drug-likeness (QED) is 0.589. The highest BCUT2D eigenvalue weighted by atomic mass is 19.3. The number of rotatable bonds is 3. The largest absolute Gasteiger partial charge is 0.394 e. The van der Waals surface area contributed by atoms with E-state index in [0.29, 0.717) is 0 Å². The molecule has 0 heterocycles. The minimum absolute atomic E-state index is 0.606. The second kappa shape index (κ2) is 3.74. The molecule has 2 unspecified atom stereocenters. The van der Waals surface area contributed by atoms with Crippen LogP contribution in [0.5, 0.6) is 0 Å². The second-order valence-electron chi connectivity index (χ2n) is 1.94. The van der Waals surface area contributed by atoms with Crippen molar-refractivity contribution < 1.29 is 19.0 Å². The van der Waals surface area contributed by atoms with E-state index in [1.165, 1.54) is 6.92 Å². The van der Waals surface area contributed by atoms with Crippen LogP contribution in [0.15, 0.2) is 0 Å². The molecule has 2 nitrogen and oxygen atoms in total. The zero-order valence-electron chi connectivity index (χ0n) is 5.09. The molecule has 0 saturated heterocycles. The lowest BCUT2D eigenvalue weighted by Crippen LogP contribution is -2.27. The second-order valence-corrected chi connectivity index (χ2v) is 1.94. The minimum atomic E-state index is -2.56. The van der Waals surface area contributed by atoms with Crippen molar-refractivity contribution >= 4 is 0 Å². The summed E-state index contributed by atoms with van der Waals surface area (Å²) in [6.07, 6.45) is -3.86. The van der Waals surface area contributed by atoms with Gasteiger partial charge in [-0.2, -0.15) is 0 Å². The highest BCUT2D eigenvalue weighted by Gasteiger charge is 2.22. The molecule has 0 fully saturated rings. The van der Waals surface area contributed by atoms with Crippen LogP contribution in [0.1, 0.15) is 6.92 Å². The van der Waals surface area contributed by atoms with Crippen LogP contribution in [0.3, 0.4) is 0 Å². The van der Waals surface area contributed by atoms with Gasteiger partial charge in [0, 0.05) is 5.92 Å². The predicted molar refractivity (Wildman–Crippen MR) is 28.3 cm³/mol. The molecule has 0 saturated carbocycles. The monoisotopic (exact) mass is 140 g/mol. The summed E-state index contributed by atoms with van der Waals surface area (Å²) < 4.78 is 23.2. The average molecular weight is 140 g/mol. The van der Waals surface area contributed by atoms with E-state index in [0.717, 1.165) is 0 Å². The van der Waals surface area contributed by atoms with Crippen LogP contribution in [0.25, 0.3) is 0 Å². The molecule has 0 bridgehead atoms. The first-order valence-corrected chi connectivity index (χ1v) is 2.66. The van der Waals surface area contributed by atoms with Gasteiger partial charge in [-0.15, -0.1) is 0 Å². The van der Waals surface area contributed by atoms with Gasteiger partial charge in [0.05, 0.1) is 12.7 Å². The summed E-state index contributed by atoms with van der Waals surface area (Å²) in [4.78, 5) is 0. The summed E-state index contributed by atoms with van der Waals surface area (Å²) in [6, 6.07) is 0. The maximum atomic E-state index is 11.6. The number of aliphatic hydroxyl groups is 2. The lowest BCUT2D eigenvalue weighted by atomic mass is 10.1. The van der Waals surface area contributed by atoms with Gasteiger partial charge in [0.1, 0.15) is 0 Å². The molecule has 0 amide bonds. The molecule has 0 aromatic heterocycles. The summed E-state index contributed by atoms with van der Waals surface area (Å²) in [7, 11) is 0. The van der Waals surface area contributed by atoms with Crippen LogP contribution in [0.4, 0.5) is 8.78 Å². The van der Waals surface area contributed by atoms with Crippen molar-refractivity contribution in [1.29, 1.82) is 0 Å². The van der Waals surface area contributed by atoms with Crippen molar-refractivity contribution in [3.63, 3.8) is 0 Å². The van der Waals surface area contributed by atoms with Crippen LogP contribution < -0.4 is 0 Å².